The van der Waals surface area contributed by atoms with Crippen LogP contribution < -0.4 is 5.32 Å². The maximum atomic E-state index is 13.0. The Morgan fingerprint density at radius 2 is 1.46 bits per heavy atom. The van der Waals surface area contributed by atoms with Gasteiger partial charge < -0.3 is 5.32 Å². The third-order valence-electron chi connectivity index (χ3n) is 4.69. The predicted octanol–water partition coefficient (Wildman–Crippen LogP) is 3.54. The van der Waals surface area contributed by atoms with Crippen molar-refractivity contribution in [2.24, 2.45) is 5.92 Å². The third kappa shape index (κ3) is 3.71. The molecule has 1 heterocycles. The number of ketones is 1. The molecule has 0 unspecified atom stereocenters. The number of hydrogen-bond acceptors (Lipinski definition) is 4. The number of benzene rings is 2. The van der Waals surface area contributed by atoms with Crippen molar-refractivity contribution in [2.45, 2.75) is 33.2 Å². The summed E-state index contributed by atoms with van der Waals surface area (Å²) in [5.41, 5.74) is 1.68. The number of amides is 3. The zero-order valence-corrected chi connectivity index (χ0v) is 16.1. The molecule has 0 fully saturated rings. The zero-order chi connectivity index (χ0) is 20.4. The number of hydrogen-bond donors (Lipinski definition) is 1. The van der Waals surface area contributed by atoms with Crippen molar-refractivity contribution in [3.8, 4) is 0 Å². The molecule has 0 spiro atoms. The van der Waals surface area contributed by atoms with Crippen LogP contribution in [0.25, 0.3) is 0 Å². The van der Waals surface area contributed by atoms with Crippen LogP contribution in [-0.2, 0) is 4.79 Å². The van der Waals surface area contributed by atoms with Crippen LogP contribution in [0.2, 0.25) is 0 Å². The van der Waals surface area contributed by atoms with Crippen LogP contribution in [0.5, 0.6) is 0 Å². The molecule has 28 heavy (non-hydrogen) atoms. The number of anilines is 1. The fourth-order valence-corrected chi connectivity index (χ4v) is 3.28. The van der Waals surface area contributed by atoms with Crippen LogP contribution in [0.4, 0.5) is 5.69 Å². The molecule has 144 valence electrons. The van der Waals surface area contributed by atoms with Crippen molar-refractivity contribution in [3.63, 3.8) is 0 Å². The van der Waals surface area contributed by atoms with Gasteiger partial charge in [0, 0.05) is 11.3 Å². The molecule has 0 aromatic heterocycles. The van der Waals surface area contributed by atoms with Gasteiger partial charge in [0.15, 0.2) is 5.78 Å². The average molecular weight is 378 g/mol. The number of carbonyl (C=O) groups is 4. The lowest BCUT2D eigenvalue weighted by Crippen LogP contribution is -2.47. The minimum absolute atomic E-state index is 0.0680. The van der Waals surface area contributed by atoms with E-state index in [2.05, 4.69) is 5.32 Å². The first kappa shape index (κ1) is 19.5. The Morgan fingerprint density at radius 3 is 1.93 bits per heavy atom. The Balaban J connectivity index is 1.86. The van der Waals surface area contributed by atoms with Gasteiger partial charge in [0.05, 0.1) is 11.1 Å². The van der Waals surface area contributed by atoms with E-state index in [1.54, 1.807) is 48.5 Å². The smallest absolute Gasteiger partial charge is 0.262 e. The summed E-state index contributed by atoms with van der Waals surface area (Å²) >= 11 is 0. The average Bonchev–Trinajstić information content (AvgIpc) is 2.91. The van der Waals surface area contributed by atoms with Crippen molar-refractivity contribution >= 4 is 29.2 Å². The van der Waals surface area contributed by atoms with Crippen molar-refractivity contribution in [3.05, 3.63) is 65.2 Å². The molecule has 2 aromatic carbocycles. The molecule has 6 heteroatoms. The van der Waals surface area contributed by atoms with Gasteiger partial charge >= 0.3 is 0 Å². The Labute approximate surface area is 163 Å². The van der Waals surface area contributed by atoms with Gasteiger partial charge in [-0.3, -0.25) is 24.1 Å². The van der Waals surface area contributed by atoms with E-state index in [-0.39, 0.29) is 11.7 Å². The molecule has 3 amide bonds. The monoisotopic (exact) mass is 378 g/mol. The number of imide groups is 1. The lowest BCUT2D eigenvalue weighted by Gasteiger charge is -2.26. The first-order chi connectivity index (χ1) is 13.3. The lowest BCUT2D eigenvalue weighted by atomic mass is 10.0. The molecule has 6 nitrogen and oxygen atoms in total. The van der Waals surface area contributed by atoms with E-state index in [0.29, 0.717) is 28.8 Å². The minimum Gasteiger partial charge on any atom is -0.324 e. The zero-order valence-electron chi connectivity index (χ0n) is 16.1. The van der Waals surface area contributed by atoms with E-state index in [0.717, 1.165) is 4.90 Å². The van der Waals surface area contributed by atoms with E-state index in [1.165, 1.54) is 6.92 Å². The van der Waals surface area contributed by atoms with Crippen LogP contribution in [-0.4, -0.2) is 34.4 Å². The topological polar surface area (TPSA) is 83.6 Å². The molecule has 0 aliphatic carbocycles. The van der Waals surface area contributed by atoms with Gasteiger partial charge in [0.25, 0.3) is 11.8 Å². The molecule has 1 aliphatic rings. The summed E-state index contributed by atoms with van der Waals surface area (Å²) in [4.78, 5) is 51.0. The van der Waals surface area contributed by atoms with Crippen LogP contribution in [0.1, 0.15) is 58.3 Å². The Bertz CT molecular complexity index is 912. The first-order valence-electron chi connectivity index (χ1n) is 9.18. The number of Topliss-reactive ketones (excluding diaryl/α,β-unsaturated/α-hetero) is 1. The minimum atomic E-state index is -0.917. The second kappa shape index (κ2) is 7.76. The molecular formula is C22H22N2O4. The molecule has 1 aliphatic heterocycles. The highest BCUT2D eigenvalue weighted by molar-refractivity contribution is 6.23. The molecule has 0 saturated carbocycles. The van der Waals surface area contributed by atoms with E-state index in [4.69, 9.17) is 0 Å². The van der Waals surface area contributed by atoms with Crippen molar-refractivity contribution in [1.29, 1.82) is 0 Å². The maximum Gasteiger partial charge on any atom is 0.262 e. The lowest BCUT2D eigenvalue weighted by molar-refractivity contribution is -0.120. The van der Waals surface area contributed by atoms with Gasteiger partial charge in [-0.25, -0.2) is 0 Å². The van der Waals surface area contributed by atoms with Gasteiger partial charge in [0.2, 0.25) is 5.91 Å². The normalized spacial score (nSPS) is 14.2. The molecule has 3 rings (SSSR count). The van der Waals surface area contributed by atoms with Gasteiger partial charge in [-0.2, -0.15) is 0 Å². The predicted molar refractivity (Wildman–Crippen MR) is 105 cm³/mol. The summed E-state index contributed by atoms with van der Waals surface area (Å²) in [6.45, 7) is 5.33. The SMILES string of the molecule is CC(=O)c1ccc(NC(=O)[C@H](CC(C)C)N2C(=O)c3ccccc3C2=O)cc1. The quantitative estimate of drug-likeness (QED) is 0.616. The second-order valence-electron chi connectivity index (χ2n) is 7.29. The Kier molecular flexibility index (Phi) is 5.40. The van der Waals surface area contributed by atoms with Crippen LogP contribution in [0.3, 0.4) is 0 Å². The largest absolute Gasteiger partial charge is 0.324 e. The molecule has 0 bridgehead atoms. The number of rotatable bonds is 6. The highest BCUT2D eigenvalue weighted by Crippen LogP contribution is 2.27. The molecule has 0 saturated heterocycles. The number of fused-ring (bicyclic) bond motifs is 1. The van der Waals surface area contributed by atoms with Crippen LogP contribution >= 0.6 is 0 Å². The summed E-state index contributed by atoms with van der Waals surface area (Å²) in [6.07, 6.45) is 0.350. The molecule has 1 atom stereocenters. The Morgan fingerprint density at radius 1 is 0.929 bits per heavy atom. The number of nitrogens with one attached hydrogen (secondary N) is 1. The summed E-state index contributed by atoms with van der Waals surface area (Å²) < 4.78 is 0. The summed E-state index contributed by atoms with van der Waals surface area (Å²) in [5.74, 6) is -1.30. The van der Waals surface area contributed by atoms with E-state index < -0.39 is 23.8 Å². The standard InChI is InChI=1S/C22H22N2O4/c1-13(2)12-19(20(26)23-16-10-8-15(9-11-16)14(3)25)24-21(27)17-6-4-5-7-18(17)22(24)28/h4-11,13,19H,12H2,1-3H3,(H,23,26)/t19-/m0/s1. The highest BCUT2D eigenvalue weighted by atomic mass is 16.2. The summed E-state index contributed by atoms with van der Waals surface area (Å²) in [7, 11) is 0. The molecule has 1 N–H and O–H groups in total. The van der Waals surface area contributed by atoms with Crippen LogP contribution in [0.15, 0.2) is 48.5 Å². The first-order valence-corrected chi connectivity index (χ1v) is 9.18. The van der Waals surface area contributed by atoms with Crippen molar-refractivity contribution in [1.82, 2.24) is 4.90 Å². The second-order valence-corrected chi connectivity index (χ2v) is 7.29. The molecule has 2 aromatic rings. The van der Waals surface area contributed by atoms with Gasteiger partial charge in [-0.1, -0.05) is 26.0 Å². The summed E-state index contributed by atoms with van der Waals surface area (Å²) in [6, 6.07) is 12.2. The number of nitrogens with zero attached hydrogens (tertiary/aromatic N) is 1. The fourth-order valence-electron chi connectivity index (χ4n) is 3.28. The molecule has 0 radical (unpaired) electrons. The van der Waals surface area contributed by atoms with E-state index >= 15 is 0 Å². The fraction of sp³-hybridized carbons (Fsp3) is 0.273. The van der Waals surface area contributed by atoms with E-state index in [1.807, 2.05) is 13.8 Å². The highest BCUT2D eigenvalue weighted by Gasteiger charge is 2.42. The van der Waals surface area contributed by atoms with Crippen molar-refractivity contribution < 1.29 is 19.2 Å². The maximum absolute atomic E-state index is 13.0. The van der Waals surface area contributed by atoms with Gasteiger partial charge in [0.1, 0.15) is 6.04 Å². The summed E-state index contributed by atoms with van der Waals surface area (Å²) in [5, 5.41) is 2.76. The molecular weight excluding hydrogens is 356 g/mol. The van der Waals surface area contributed by atoms with Gasteiger partial charge in [-0.05, 0) is 55.7 Å². The van der Waals surface area contributed by atoms with Crippen LogP contribution in [0, 0.1) is 5.92 Å². The van der Waals surface area contributed by atoms with E-state index in [9.17, 15) is 19.2 Å². The Hall–Kier alpha value is -3.28. The van der Waals surface area contributed by atoms with Crippen molar-refractivity contribution in [2.75, 3.05) is 5.32 Å². The number of carbonyl (C=O) groups excluding carboxylic acids is 4. The third-order valence-corrected chi connectivity index (χ3v) is 4.69. The van der Waals surface area contributed by atoms with Gasteiger partial charge in [-0.15, -0.1) is 0 Å².